The van der Waals surface area contributed by atoms with Gasteiger partial charge in [0.1, 0.15) is 11.0 Å². The highest BCUT2D eigenvalue weighted by Gasteiger charge is 2.34. The topological polar surface area (TPSA) is 71.0 Å². The van der Waals surface area contributed by atoms with E-state index >= 15 is 0 Å². The first-order chi connectivity index (χ1) is 13.4. The lowest BCUT2D eigenvalue weighted by molar-refractivity contribution is -0.128. The summed E-state index contributed by atoms with van der Waals surface area (Å²) in [6, 6.07) is 12.5. The number of nitrogens with one attached hydrogen (secondary N) is 1. The molecular formula is C20H20ClN3O3S. The summed E-state index contributed by atoms with van der Waals surface area (Å²) in [6.07, 6.45) is 0.108. The molecule has 8 heteroatoms. The number of aliphatic imine (C=N–C) groups is 1. The lowest BCUT2D eigenvalue weighted by atomic mass is 10.2. The number of benzene rings is 2. The highest BCUT2D eigenvalue weighted by molar-refractivity contribution is 8.15. The summed E-state index contributed by atoms with van der Waals surface area (Å²) >= 11 is 7.42. The van der Waals surface area contributed by atoms with E-state index in [2.05, 4.69) is 10.3 Å². The minimum absolute atomic E-state index is 0.108. The SMILES string of the molecule is COc1ccc(NC(=O)[C@@H]2CC(=O)N(C)C(=Nc3ccc(C)c(Cl)c3)S2)cc1. The molecule has 0 bridgehead atoms. The maximum atomic E-state index is 12.7. The smallest absolute Gasteiger partial charge is 0.238 e. The van der Waals surface area contributed by atoms with Crippen LogP contribution >= 0.6 is 23.4 Å². The fourth-order valence-corrected chi connectivity index (χ4v) is 3.80. The van der Waals surface area contributed by atoms with Crippen molar-refractivity contribution in [2.45, 2.75) is 18.6 Å². The molecule has 6 nitrogen and oxygen atoms in total. The summed E-state index contributed by atoms with van der Waals surface area (Å²) in [5.41, 5.74) is 2.22. The largest absolute Gasteiger partial charge is 0.497 e. The molecule has 3 rings (SSSR count). The zero-order chi connectivity index (χ0) is 20.3. The van der Waals surface area contributed by atoms with Gasteiger partial charge in [0.2, 0.25) is 11.8 Å². The Balaban J connectivity index is 1.76. The molecule has 0 aliphatic carbocycles. The molecule has 2 amide bonds. The van der Waals surface area contributed by atoms with Gasteiger partial charge in [0.25, 0.3) is 0 Å². The number of amides is 2. The van der Waals surface area contributed by atoms with Gasteiger partial charge in [-0.05, 0) is 48.9 Å². The van der Waals surface area contributed by atoms with Gasteiger partial charge in [0.05, 0.1) is 12.8 Å². The van der Waals surface area contributed by atoms with Gasteiger partial charge in [-0.1, -0.05) is 29.4 Å². The van der Waals surface area contributed by atoms with E-state index in [1.165, 1.54) is 16.7 Å². The molecule has 1 fully saturated rings. The highest BCUT2D eigenvalue weighted by Crippen LogP contribution is 2.30. The van der Waals surface area contributed by atoms with E-state index in [0.717, 1.165) is 5.56 Å². The normalized spacial score (nSPS) is 18.3. The summed E-state index contributed by atoms with van der Waals surface area (Å²) in [7, 11) is 3.23. The van der Waals surface area contributed by atoms with E-state index in [9.17, 15) is 9.59 Å². The molecule has 0 unspecified atom stereocenters. The van der Waals surface area contributed by atoms with Crippen LogP contribution in [0.1, 0.15) is 12.0 Å². The maximum absolute atomic E-state index is 12.7. The van der Waals surface area contributed by atoms with Gasteiger partial charge in [-0.3, -0.25) is 14.5 Å². The number of rotatable bonds is 4. The molecule has 1 heterocycles. The number of nitrogens with zero attached hydrogens (tertiary/aromatic N) is 2. The van der Waals surface area contributed by atoms with Crippen molar-refractivity contribution in [1.82, 2.24) is 4.90 Å². The molecule has 1 aliphatic rings. The second-order valence-corrected chi connectivity index (χ2v) is 7.89. The van der Waals surface area contributed by atoms with E-state index in [-0.39, 0.29) is 18.2 Å². The fourth-order valence-electron chi connectivity index (χ4n) is 2.56. The number of anilines is 1. The number of halogens is 1. The number of carbonyl (C=O) groups is 2. The van der Waals surface area contributed by atoms with Gasteiger partial charge in [-0.15, -0.1) is 0 Å². The van der Waals surface area contributed by atoms with Crippen molar-refractivity contribution in [1.29, 1.82) is 0 Å². The number of methoxy groups -OCH3 is 1. The van der Waals surface area contributed by atoms with Gasteiger partial charge < -0.3 is 10.1 Å². The molecule has 1 N–H and O–H groups in total. The number of carbonyl (C=O) groups excluding carboxylic acids is 2. The predicted molar refractivity (Wildman–Crippen MR) is 114 cm³/mol. The summed E-state index contributed by atoms with van der Waals surface area (Å²) in [5.74, 6) is 0.296. The first-order valence-electron chi connectivity index (χ1n) is 8.60. The van der Waals surface area contributed by atoms with Crippen LogP contribution in [0.25, 0.3) is 0 Å². The van der Waals surface area contributed by atoms with Crippen molar-refractivity contribution in [2.75, 3.05) is 19.5 Å². The van der Waals surface area contributed by atoms with Crippen molar-refractivity contribution in [2.24, 2.45) is 4.99 Å². The number of hydrogen-bond acceptors (Lipinski definition) is 5. The van der Waals surface area contributed by atoms with Crippen molar-refractivity contribution in [3.05, 3.63) is 53.1 Å². The van der Waals surface area contributed by atoms with Gasteiger partial charge >= 0.3 is 0 Å². The van der Waals surface area contributed by atoms with E-state index in [1.54, 1.807) is 44.5 Å². The minimum Gasteiger partial charge on any atom is -0.497 e. The molecule has 2 aromatic rings. The second-order valence-electron chi connectivity index (χ2n) is 6.31. The van der Waals surface area contributed by atoms with Crippen LogP contribution in [-0.4, -0.2) is 41.3 Å². The standard InChI is InChI=1S/C20H20ClN3O3S/c1-12-4-5-14(10-16(12)21)23-20-24(2)18(25)11-17(28-20)19(26)22-13-6-8-15(27-3)9-7-13/h4-10,17H,11H2,1-3H3,(H,22,26)/t17-/m0/s1. The maximum Gasteiger partial charge on any atom is 0.238 e. The molecule has 146 valence electrons. The van der Waals surface area contributed by atoms with E-state index < -0.39 is 5.25 Å². The lowest BCUT2D eigenvalue weighted by Gasteiger charge is -2.28. The number of ether oxygens (including phenoxy) is 1. The average molecular weight is 418 g/mol. The van der Waals surface area contributed by atoms with Crippen LogP contribution in [0, 0.1) is 6.92 Å². The molecule has 0 radical (unpaired) electrons. The Morgan fingerprint density at radius 1 is 1.29 bits per heavy atom. The van der Waals surface area contributed by atoms with Crippen LogP contribution in [0.15, 0.2) is 47.5 Å². The molecule has 2 aromatic carbocycles. The van der Waals surface area contributed by atoms with E-state index in [4.69, 9.17) is 16.3 Å². The molecule has 0 aromatic heterocycles. The third-order valence-corrected chi connectivity index (χ3v) is 5.95. The zero-order valence-electron chi connectivity index (χ0n) is 15.7. The number of amidine groups is 1. The van der Waals surface area contributed by atoms with Crippen LogP contribution in [0.5, 0.6) is 5.75 Å². The van der Waals surface area contributed by atoms with Gasteiger partial charge in [-0.2, -0.15) is 0 Å². The summed E-state index contributed by atoms with van der Waals surface area (Å²) in [5, 5.41) is 3.34. The Morgan fingerprint density at radius 2 is 2.00 bits per heavy atom. The monoisotopic (exact) mass is 417 g/mol. The fraction of sp³-hybridized carbons (Fsp3) is 0.250. The van der Waals surface area contributed by atoms with Crippen LogP contribution in [0.2, 0.25) is 5.02 Å². The Kier molecular flexibility index (Phi) is 6.26. The second kappa shape index (κ2) is 8.67. The van der Waals surface area contributed by atoms with Crippen molar-refractivity contribution in [3.8, 4) is 5.75 Å². The van der Waals surface area contributed by atoms with Gasteiger partial charge in [-0.25, -0.2) is 4.99 Å². The predicted octanol–water partition coefficient (Wildman–Crippen LogP) is 4.25. The van der Waals surface area contributed by atoms with E-state index in [0.29, 0.717) is 27.3 Å². The van der Waals surface area contributed by atoms with Crippen molar-refractivity contribution >= 4 is 51.7 Å². The number of thioether (sulfide) groups is 1. The Morgan fingerprint density at radius 3 is 2.64 bits per heavy atom. The highest BCUT2D eigenvalue weighted by atomic mass is 35.5. The first-order valence-corrected chi connectivity index (χ1v) is 9.86. The molecule has 1 atom stereocenters. The molecule has 1 saturated heterocycles. The van der Waals surface area contributed by atoms with Crippen molar-refractivity contribution < 1.29 is 14.3 Å². The average Bonchev–Trinajstić information content (AvgIpc) is 2.68. The third kappa shape index (κ3) is 4.66. The summed E-state index contributed by atoms with van der Waals surface area (Å²) in [6.45, 7) is 1.91. The number of hydrogen-bond donors (Lipinski definition) is 1. The van der Waals surface area contributed by atoms with Crippen LogP contribution in [-0.2, 0) is 9.59 Å². The third-order valence-electron chi connectivity index (χ3n) is 4.30. The van der Waals surface area contributed by atoms with Crippen molar-refractivity contribution in [3.63, 3.8) is 0 Å². The van der Waals surface area contributed by atoms with Crippen LogP contribution in [0.3, 0.4) is 0 Å². The summed E-state index contributed by atoms with van der Waals surface area (Å²) in [4.78, 5) is 31.0. The first kappa shape index (κ1) is 20.2. The van der Waals surface area contributed by atoms with Crippen LogP contribution in [0.4, 0.5) is 11.4 Å². The lowest BCUT2D eigenvalue weighted by Crippen LogP contribution is -2.43. The zero-order valence-corrected chi connectivity index (χ0v) is 17.3. The Hall–Kier alpha value is -2.51. The molecule has 0 spiro atoms. The van der Waals surface area contributed by atoms with E-state index in [1.807, 2.05) is 19.1 Å². The van der Waals surface area contributed by atoms with Crippen LogP contribution < -0.4 is 10.1 Å². The quantitative estimate of drug-likeness (QED) is 0.807. The molecule has 0 saturated carbocycles. The van der Waals surface area contributed by atoms with Gasteiger partial charge in [0.15, 0.2) is 5.17 Å². The van der Waals surface area contributed by atoms with Gasteiger partial charge in [0, 0.05) is 24.2 Å². The molecule has 28 heavy (non-hydrogen) atoms. The molecular weight excluding hydrogens is 398 g/mol. The summed E-state index contributed by atoms with van der Waals surface area (Å²) < 4.78 is 5.11. The Labute approximate surface area is 172 Å². The Bertz CT molecular complexity index is 931. The minimum atomic E-state index is -0.564. The molecule has 1 aliphatic heterocycles. The number of aryl methyl sites for hydroxylation is 1.